The van der Waals surface area contributed by atoms with Gasteiger partial charge in [0.15, 0.2) is 0 Å². The summed E-state index contributed by atoms with van der Waals surface area (Å²) in [4.78, 5) is 18.2. The summed E-state index contributed by atoms with van der Waals surface area (Å²) in [6, 6.07) is 3.49. The van der Waals surface area contributed by atoms with Crippen LogP contribution in [-0.2, 0) is 4.74 Å². The second-order valence-corrected chi connectivity index (χ2v) is 4.53. The molecule has 1 saturated heterocycles. The molecule has 2 heterocycles. The Balaban J connectivity index is 2.13. The van der Waals surface area contributed by atoms with Crippen molar-refractivity contribution in [1.82, 2.24) is 9.88 Å². The van der Waals surface area contributed by atoms with Gasteiger partial charge >= 0.3 is 0 Å². The third-order valence-corrected chi connectivity index (χ3v) is 3.03. The number of hydrazine groups is 1. The second kappa shape index (κ2) is 5.32. The summed E-state index contributed by atoms with van der Waals surface area (Å²) >= 11 is 0. The molecule has 0 radical (unpaired) electrons. The lowest BCUT2D eigenvalue weighted by Crippen LogP contribution is -2.50. The summed E-state index contributed by atoms with van der Waals surface area (Å²) in [5, 5.41) is 0. The fraction of sp³-hybridized carbons (Fsp3) is 0.500. The van der Waals surface area contributed by atoms with Crippen LogP contribution < -0.4 is 11.3 Å². The van der Waals surface area contributed by atoms with E-state index < -0.39 is 0 Å². The number of amides is 1. The van der Waals surface area contributed by atoms with Crippen LogP contribution in [-0.4, -0.2) is 41.1 Å². The maximum absolute atomic E-state index is 12.3. The highest BCUT2D eigenvalue weighted by Gasteiger charge is 2.28. The van der Waals surface area contributed by atoms with Gasteiger partial charge in [-0.25, -0.2) is 10.8 Å². The Bertz CT molecular complexity index is 421. The minimum atomic E-state index is -0.0197. The molecule has 18 heavy (non-hydrogen) atoms. The summed E-state index contributed by atoms with van der Waals surface area (Å²) < 4.78 is 5.51. The molecular formula is C12H18N4O2. The van der Waals surface area contributed by atoms with E-state index in [-0.39, 0.29) is 18.1 Å². The molecule has 3 N–H and O–H groups in total. The van der Waals surface area contributed by atoms with Gasteiger partial charge in [-0.1, -0.05) is 0 Å². The number of aromatic nitrogens is 1. The Morgan fingerprint density at radius 1 is 1.56 bits per heavy atom. The second-order valence-electron chi connectivity index (χ2n) is 4.53. The third kappa shape index (κ3) is 2.60. The molecule has 0 saturated carbocycles. The number of hydrogen-bond acceptors (Lipinski definition) is 5. The standard InChI is InChI=1S/C12H18N4O2/c1-8-7-18-9(2)6-16(8)12(17)10-3-4-11(15-13)14-5-10/h3-5,8-9H,6-7,13H2,1-2H3,(H,14,15). The molecule has 0 aromatic carbocycles. The van der Waals surface area contributed by atoms with E-state index in [9.17, 15) is 4.79 Å². The fourth-order valence-corrected chi connectivity index (χ4v) is 1.96. The van der Waals surface area contributed by atoms with E-state index >= 15 is 0 Å². The van der Waals surface area contributed by atoms with Crippen LogP contribution in [0.1, 0.15) is 24.2 Å². The Labute approximate surface area is 106 Å². The number of nitrogens with two attached hydrogens (primary N) is 1. The van der Waals surface area contributed by atoms with E-state index in [1.807, 2.05) is 18.7 Å². The van der Waals surface area contributed by atoms with Crippen LogP contribution in [0.5, 0.6) is 0 Å². The molecule has 0 bridgehead atoms. The van der Waals surface area contributed by atoms with Crippen molar-refractivity contribution in [2.24, 2.45) is 5.84 Å². The molecular weight excluding hydrogens is 232 g/mol. The molecule has 0 aliphatic carbocycles. The number of rotatable bonds is 2. The molecule has 2 unspecified atom stereocenters. The number of carbonyl (C=O) groups excluding carboxylic acids is 1. The van der Waals surface area contributed by atoms with Crippen molar-refractivity contribution in [2.75, 3.05) is 18.6 Å². The third-order valence-electron chi connectivity index (χ3n) is 3.03. The molecule has 1 amide bonds. The zero-order chi connectivity index (χ0) is 13.1. The molecule has 1 aliphatic heterocycles. The largest absolute Gasteiger partial charge is 0.375 e. The van der Waals surface area contributed by atoms with Gasteiger partial charge in [0, 0.05) is 12.7 Å². The summed E-state index contributed by atoms with van der Waals surface area (Å²) in [5.41, 5.74) is 3.00. The lowest BCUT2D eigenvalue weighted by Gasteiger charge is -2.36. The highest BCUT2D eigenvalue weighted by atomic mass is 16.5. The van der Waals surface area contributed by atoms with Crippen LogP contribution >= 0.6 is 0 Å². The molecule has 2 rings (SSSR count). The normalized spacial score (nSPS) is 23.8. The van der Waals surface area contributed by atoms with Gasteiger partial charge in [-0.05, 0) is 26.0 Å². The van der Waals surface area contributed by atoms with Crippen molar-refractivity contribution in [3.63, 3.8) is 0 Å². The maximum atomic E-state index is 12.3. The highest BCUT2D eigenvalue weighted by Crippen LogP contribution is 2.15. The Morgan fingerprint density at radius 2 is 2.33 bits per heavy atom. The first-order valence-electron chi connectivity index (χ1n) is 5.97. The first kappa shape index (κ1) is 12.8. The zero-order valence-electron chi connectivity index (χ0n) is 10.6. The number of morpholine rings is 1. The monoisotopic (exact) mass is 250 g/mol. The number of nitrogen functional groups attached to an aromatic ring is 1. The first-order valence-corrected chi connectivity index (χ1v) is 5.97. The number of carbonyl (C=O) groups is 1. The number of anilines is 1. The number of nitrogens with zero attached hydrogens (tertiary/aromatic N) is 2. The van der Waals surface area contributed by atoms with Gasteiger partial charge in [0.05, 0.1) is 24.3 Å². The predicted octanol–water partition coefficient (Wildman–Crippen LogP) is 0.617. The fourth-order valence-electron chi connectivity index (χ4n) is 1.96. The molecule has 98 valence electrons. The molecule has 6 heteroatoms. The Hall–Kier alpha value is -1.66. The molecule has 6 nitrogen and oxygen atoms in total. The van der Waals surface area contributed by atoms with Gasteiger partial charge < -0.3 is 15.1 Å². The highest BCUT2D eigenvalue weighted by molar-refractivity contribution is 5.94. The van der Waals surface area contributed by atoms with Gasteiger partial charge in [-0.2, -0.15) is 0 Å². The minimum Gasteiger partial charge on any atom is -0.375 e. The van der Waals surface area contributed by atoms with Crippen molar-refractivity contribution in [2.45, 2.75) is 26.0 Å². The van der Waals surface area contributed by atoms with Gasteiger partial charge in [-0.3, -0.25) is 4.79 Å². The summed E-state index contributed by atoms with van der Waals surface area (Å²) in [6.07, 6.45) is 1.60. The Morgan fingerprint density at radius 3 is 2.94 bits per heavy atom. The van der Waals surface area contributed by atoms with Crippen LogP contribution in [0.4, 0.5) is 5.82 Å². The zero-order valence-corrected chi connectivity index (χ0v) is 10.6. The van der Waals surface area contributed by atoms with Gasteiger partial charge in [0.25, 0.3) is 5.91 Å². The van der Waals surface area contributed by atoms with E-state index in [1.165, 1.54) is 6.20 Å². The molecule has 1 aromatic heterocycles. The topological polar surface area (TPSA) is 80.5 Å². The summed E-state index contributed by atoms with van der Waals surface area (Å²) in [6.45, 7) is 5.12. The van der Waals surface area contributed by atoms with Crippen LogP contribution in [0, 0.1) is 0 Å². The van der Waals surface area contributed by atoms with Crippen LogP contribution in [0.15, 0.2) is 18.3 Å². The van der Waals surface area contributed by atoms with Crippen LogP contribution in [0.25, 0.3) is 0 Å². The number of ether oxygens (including phenoxy) is 1. The van der Waals surface area contributed by atoms with E-state index in [2.05, 4.69) is 10.4 Å². The lowest BCUT2D eigenvalue weighted by atomic mass is 10.1. The molecule has 1 aromatic rings. The molecule has 0 spiro atoms. The molecule has 1 fully saturated rings. The van der Waals surface area contributed by atoms with E-state index in [0.717, 1.165) is 0 Å². The maximum Gasteiger partial charge on any atom is 0.255 e. The Kier molecular flexibility index (Phi) is 3.78. The van der Waals surface area contributed by atoms with Crippen molar-refractivity contribution >= 4 is 11.7 Å². The van der Waals surface area contributed by atoms with Crippen molar-refractivity contribution in [3.05, 3.63) is 23.9 Å². The van der Waals surface area contributed by atoms with Gasteiger partial charge in [0.2, 0.25) is 0 Å². The van der Waals surface area contributed by atoms with Crippen molar-refractivity contribution < 1.29 is 9.53 Å². The average Bonchev–Trinajstić information content (AvgIpc) is 2.41. The SMILES string of the molecule is CC1CN(C(=O)c2ccc(NN)nc2)C(C)CO1. The van der Waals surface area contributed by atoms with E-state index in [0.29, 0.717) is 24.5 Å². The van der Waals surface area contributed by atoms with Gasteiger partial charge in [0.1, 0.15) is 5.82 Å². The smallest absolute Gasteiger partial charge is 0.255 e. The first-order chi connectivity index (χ1) is 8.61. The summed E-state index contributed by atoms with van der Waals surface area (Å²) in [5.74, 6) is 5.75. The number of hydrogen-bond donors (Lipinski definition) is 2. The predicted molar refractivity (Wildman–Crippen MR) is 68.0 cm³/mol. The van der Waals surface area contributed by atoms with Crippen LogP contribution in [0.2, 0.25) is 0 Å². The van der Waals surface area contributed by atoms with E-state index in [4.69, 9.17) is 10.6 Å². The number of pyridine rings is 1. The average molecular weight is 250 g/mol. The van der Waals surface area contributed by atoms with Crippen molar-refractivity contribution in [3.8, 4) is 0 Å². The van der Waals surface area contributed by atoms with E-state index in [1.54, 1.807) is 12.1 Å². The quantitative estimate of drug-likeness (QED) is 0.594. The summed E-state index contributed by atoms with van der Waals surface area (Å²) in [7, 11) is 0. The number of nitrogens with one attached hydrogen (secondary N) is 1. The molecule has 2 atom stereocenters. The minimum absolute atomic E-state index is 0.0197. The van der Waals surface area contributed by atoms with Crippen molar-refractivity contribution in [1.29, 1.82) is 0 Å². The lowest BCUT2D eigenvalue weighted by molar-refractivity contribution is -0.0387. The molecule has 1 aliphatic rings. The van der Waals surface area contributed by atoms with Gasteiger partial charge in [-0.15, -0.1) is 0 Å². The van der Waals surface area contributed by atoms with Crippen LogP contribution in [0.3, 0.4) is 0 Å².